The molecular weight excluding hydrogens is 266 g/mol. The van der Waals surface area contributed by atoms with Crippen molar-refractivity contribution in [3.63, 3.8) is 0 Å². The zero-order chi connectivity index (χ0) is 13.5. The van der Waals surface area contributed by atoms with Crippen molar-refractivity contribution in [2.45, 2.75) is 39.7 Å². The average Bonchev–Trinajstić information content (AvgIpc) is 2.29. The minimum atomic E-state index is -0.182. The highest BCUT2D eigenvalue weighted by atomic mass is 35.5. The molecule has 1 aromatic carbocycles. The first-order chi connectivity index (χ1) is 8.52. The van der Waals surface area contributed by atoms with Crippen LogP contribution in [0.5, 0.6) is 5.75 Å². The van der Waals surface area contributed by atoms with Gasteiger partial charge in [-0.25, -0.2) is 0 Å². The van der Waals surface area contributed by atoms with Crippen molar-refractivity contribution in [1.82, 2.24) is 0 Å². The average molecular weight is 288 g/mol. The molecule has 4 nitrogen and oxygen atoms in total. The Morgan fingerprint density at radius 2 is 2.05 bits per heavy atom. The highest BCUT2D eigenvalue weighted by molar-refractivity contribution is 5.85. The standard InChI is InChI=1S/C14H21NO3.ClH/c1-4-17-14(16)8-6-11-5-7-13(12(15)9-11)18-10(2)3;/h5,7,9-10H,4,6,8,15H2,1-3H3;1H. The zero-order valence-electron chi connectivity index (χ0n) is 11.6. The lowest BCUT2D eigenvalue weighted by Gasteiger charge is -2.13. The third-order valence-electron chi connectivity index (χ3n) is 2.36. The van der Waals surface area contributed by atoms with Gasteiger partial charge in [-0.1, -0.05) is 6.07 Å². The van der Waals surface area contributed by atoms with Crippen molar-refractivity contribution in [1.29, 1.82) is 0 Å². The maximum Gasteiger partial charge on any atom is 0.306 e. The van der Waals surface area contributed by atoms with E-state index in [1.807, 2.05) is 32.0 Å². The van der Waals surface area contributed by atoms with Crippen LogP contribution in [0.1, 0.15) is 32.8 Å². The molecule has 0 amide bonds. The van der Waals surface area contributed by atoms with Crippen molar-refractivity contribution >= 4 is 24.1 Å². The van der Waals surface area contributed by atoms with Gasteiger partial charge in [-0.05, 0) is 44.9 Å². The number of carbonyl (C=O) groups is 1. The van der Waals surface area contributed by atoms with E-state index in [9.17, 15) is 4.79 Å². The Bertz CT molecular complexity index is 408. The van der Waals surface area contributed by atoms with E-state index >= 15 is 0 Å². The molecule has 19 heavy (non-hydrogen) atoms. The topological polar surface area (TPSA) is 61.5 Å². The van der Waals surface area contributed by atoms with Crippen LogP contribution >= 0.6 is 12.4 Å². The lowest BCUT2D eigenvalue weighted by Crippen LogP contribution is -2.08. The molecule has 0 aromatic heterocycles. The predicted octanol–water partition coefficient (Wildman–Crippen LogP) is 2.97. The molecule has 0 fully saturated rings. The summed E-state index contributed by atoms with van der Waals surface area (Å²) in [6, 6.07) is 5.61. The van der Waals surface area contributed by atoms with Crippen molar-refractivity contribution in [2.75, 3.05) is 12.3 Å². The SMILES string of the molecule is CCOC(=O)CCc1ccc(OC(C)C)c(N)c1.Cl. The lowest BCUT2D eigenvalue weighted by molar-refractivity contribution is -0.143. The largest absolute Gasteiger partial charge is 0.489 e. The van der Waals surface area contributed by atoms with Crippen molar-refractivity contribution in [2.24, 2.45) is 0 Å². The summed E-state index contributed by atoms with van der Waals surface area (Å²) in [5.74, 6) is 0.503. The number of ether oxygens (including phenoxy) is 2. The number of aryl methyl sites for hydroxylation is 1. The summed E-state index contributed by atoms with van der Waals surface area (Å²) >= 11 is 0. The van der Waals surface area contributed by atoms with Crippen molar-refractivity contribution < 1.29 is 14.3 Å². The van der Waals surface area contributed by atoms with Crippen LogP contribution in [0, 0.1) is 0 Å². The first-order valence-electron chi connectivity index (χ1n) is 6.23. The zero-order valence-corrected chi connectivity index (χ0v) is 12.5. The molecular formula is C14H22ClNO3. The Hall–Kier alpha value is -1.42. The van der Waals surface area contributed by atoms with Gasteiger partial charge in [0.05, 0.1) is 18.4 Å². The lowest BCUT2D eigenvalue weighted by atomic mass is 10.1. The molecule has 1 aromatic rings. The molecule has 2 N–H and O–H groups in total. The van der Waals surface area contributed by atoms with Crippen LogP contribution in [0.15, 0.2) is 18.2 Å². The second kappa shape index (κ2) is 8.64. The van der Waals surface area contributed by atoms with Crippen molar-refractivity contribution in [3.8, 4) is 5.75 Å². The van der Waals surface area contributed by atoms with E-state index in [1.54, 1.807) is 6.92 Å². The van der Waals surface area contributed by atoms with Gasteiger partial charge in [0.15, 0.2) is 0 Å². The van der Waals surface area contributed by atoms with Crippen LogP contribution in [-0.4, -0.2) is 18.7 Å². The summed E-state index contributed by atoms with van der Waals surface area (Å²) in [5.41, 5.74) is 7.51. The monoisotopic (exact) mass is 287 g/mol. The van der Waals surface area contributed by atoms with E-state index in [1.165, 1.54) is 0 Å². The predicted molar refractivity (Wildman–Crippen MR) is 78.8 cm³/mol. The molecule has 0 heterocycles. The summed E-state index contributed by atoms with van der Waals surface area (Å²) in [6.45, 7) is 6.12. The summed E-state index contributed by atoms with van der Waals surface area (Å²) in [4.78, 5) is 11.2. The molecule has 0 aliphatic carbocycles. The van der Waals surface area contributed by atoms with Crippen LogP contribution in [-0.2, 0) is 16.0 Å². The van der Waals surface area contributed by atoms with Crippen LogP contribution in [0.2, 0.25) is 0 Å². The first kappa shape index (κ1) is 17.6. The Morgan fingerprint density at radius 1 is 1.37 bits per heavy atom. The van der Waals surface area contributed by atoms with E-state index in [0.29, 0.717) is 30.9 Å². The van der Waals surface area contributed by atoms with Gasteiger partial charge in [-0.15, -0.1) is 12.4 Å². The van der Waals surface area contributed by atoms with E-state index < -0.39 is 0 Å². The fourth-order valence-electron chi connectivity index (χ4n) is 1.59. The molecule has 5 heteroatoms. The fourth-order valence-corrected chi connectivity index (χ4v) is 1.59. The quantitative estimate of drug-likeness (QED) is 0.645. The van der Waals surface area contributed by atoms with Crippen LogP contribution in [0.4, 0.5) is 5.69 Å². The van der Waals surface area contributed by atoms with Gasteiger partial charge in [0, 0.05) is 6.42 Å². The number of halogens is 1. The first-order valence-corrected chi connectivity index (χ1v) is 6.23. The van der Waals surface area contributed by atoms with Gasteiger partial charge >= 0.3 is 5.97 Å². The molecule has 0 radical (unpaired) electrons. The molecule has 0 aliphatic rings. The molecule has 0 aliphatic heterocycles. The van der Waals surface area contributed by atoms with E-state index in [4.69, 9.17) is 15.2 Å². The molecule has 0 unspecified atom stereocenters. The summed E-state index contributed by atoms with van der Waals surface area (Å²) in [5, 5.41) is 0. The van der Waals surface area contributed by atoms with E-state index in [-0.39, 0.29) is 24.5 Å². The molecule has 0 atom stereocenters. The number of nitrogens with two attached hydrogens (primary N) is 1. The number of carbonyl (C=O) groups excluding carboxylic acids is 1. The fraction of sp³-hybridized carbons (Fsp3) is 0.500. The molecule has 0 spiro atoms. The molecule has 0 saturated carbocycles. The van der Waals surface area contributed by atoms with Crippen LogP contribution in [0.25, 0.3) is 0 Å². The Kier molecular flexibility index (Phi) is 8.00. The molecule has 108 valence electrons. The van der Waals surface area contributed by atoms with E-state index in [0.717, 1.165) is 5.56 Å². The number of rotatable bonds is 6. The van der Waals surface area contributed by atoms with Crippen LogP contribution in [0.3, 0.4) is 0 Å². The number of anilines is 1. The molecule has 0 saturated heterocycles. The minimum Gasteiger partial charge on any atom is -0.489 e. The van der Waals surface area contributed by atoms with Gasteiger partial charge in [-0.3, -0.25) is 4.79 Å². The van der Waals surface area contributed by atoms with Gasteiger partial charge in [0.1, 0.15) is 5.75 Å². The van der Waals surface area contributed by atoms with Gasteiger partial charge in [0.25, 0.3) is 0 Å². The van der Waals surface area contributed by atoms with Crippen molar-refractivity contribution in [3.05, 3.63) is 23.8 Å². The highest BCUT2D eigenvalue weighted by Gasteiger charge is 2.06. The smallest absolute Gasteiger partial charge is 0.306 e. The number of benzene rings is 1. The normalized spacial score (nSPS) is 9.89. The Balaban J connectivity index is 0.00000324. The number of esters is 1. The highest BCUT2D eigenvalue weighted by Crippen LogP contribution is 2.24. The molecule has 0 bridgehead atoms. The second-order valence-electron chi connectivity index (χ2n) is 4.34. The van der Waals surface area contributed by atoms with Gasteiger partial charge in [0.2, 0.25) is 0 Å². The maximum atomic E-state index is 11.2. The van der Waals surface area contributed by atoms with Crippen LogP contribution < -0.4 is 10.5 Å². The number of hydrogen-bond donors (Lipinski definition) is 1. The van der Waals surface area contributed by atoms with Gasteiger partial charge in [-0.2, -0.15) is 0 Å². The molecule has 1 rings (SSSR count). The second-order valence-corrected chi connectivity index (χ2v) is 4.34. The maximum absolute atomic E-state index is 11.2. The Morgan fingerprint density at radius 3 is 2.58 bits per heavy atom. The third-order valence-corrected chi connectivity index (χ3v) is 2.36. The number of hydrogen-bond acceptors (Lipinski definition) is 4. The summed E-state index contributed by atoms with van der Waals surface area (Å²) in [7, 11) is 0. The number of nitrogen functional groups attached to an aromatic ring is 1. The third kappa shape index (κ3) is 6.34. The minimum absolute atomic E-state index is 0. The van der Waals surface area contributed by atoms with E-state index in [2.05, 4.69) is 0 Å². The summed E-state index contributed by atoms with van der Waals surface area (Å²) in [6.07, 6.45) is 1.10. The van der Waals surface area contributed by atoms with Gasteiger partial charge < -0.3 is 15.2 Å². The summed E-state index contributed by atoms with van der Waals surface area (Å²) < 4.78 is 10.4. The Labute approximate surface area is 120 Å².